The van der Waals surface area contributed by atoms with Gasteiger partial charge in [-0.25, -0.2) is 15.0 Å². The summed E-state index contributed by atoms with van der Waals surface area (Å²) in [5.41, 5.74) is 9.75. The molecule has 0 fully saturated rings. The van der Waals surface area contributed by atoms with Crippen LogP contribution in [0.4, 0.5) is 11.6 Å². The summed E-state index contributed by atoms with van der Waals surface area (Å²) in [7, 11) is 0. The number of H-pyrrole nitrogens is 1. The molecule has 0 unspecified atom stereocenters. The van der Waals surface area contributed by atoms with Gasteiger partial charge in [0.1, 0.15) is 11.6 Å². The number of hydrogen-bond donors (Lipinski definition) is 2. The molecule has 1 aliphatic rings. The second-order valence-corrected chi connectivity index (χ2v) is 6.89. The van der Waals surface area contributed by atoms with E-state index in [1.165, 1.54) is 0 Å². The summed E-state index contributed by atoms with van der Waals surface area (Å²) < 4.78 is 0. The molecule has 1 aliphatic heterocycles. The van der Waals surface area contributed by atoms with Crippen LogP contribution in [0.15, 0.2) is 66.9 Å². The summed E-state index contributed by atoms with van der Waals surface area (Å²) in [5, 5.41) is 0. The number of nitrogens with two attached hydrogens (primary N) is 1. The van der Waals surface area contributed by atoms with Crippen LogP contribution in [0, 0.1) is 0 Å². The first-order valence-electron chi connectivity index (χ1n) is 9.30. The van der Waals surface area contributed by atoms with Crippen LogP contribution in [0.25, 0.3) is 22.9 Å². The van der Waals surface area contributed by atoms with E-state index in [1.807, 2.05) is 60.7 Å². The van der Waals surface area contributed by atoms with E-state index in [1.54, 1.807) is 11.1 Å². The highest BCUT2D eigenvalue weighted by molar-refractivity contribution is 6.01. The minimum Gasteiger partial charge on any atom is -0.383 e. The van der Waals surface area contributed by atoms with Gasteiger partial charge in [0, 0.05) is 5.56 Å². The van der Waals surface area contributed by atoms with E-state index < -0.39 is 0 Å². The minimum absolute atomic E-state index is 0.0357. The maximum Gasteiger partial charge on any atom is 0.233 e. The Labute approximate surface area is 167 Å². The van der Waals surface area contributed by atoms with Gasteiger partial charge in [0.2, 0.25) is 5.91 Å². The molecule has 0 spiro atoms. The topological polar surface area (TPSA) is 101 Å². The normalized spacial score (nSPS) is 13.0. The highest BCUT2D eigenvalue weighted by atomic mass is 16.2. The van der Waals surface area contributed by atoms with Crippen molar-refractivity contribution in [3.8, 4) is 22.9 Å². The fraction of sp³-hybridized carbons (Fsp3) is 0.0909. The summed E-state index contributed by atoms with van der Waals surface area (Å²) in [4.78, 5) is 31.0. The van der Waals surface area contributed by atoms with E-state index in [-0.39, 0.29) is 12.3 Å². The van der Waals surface area contributed by atoms with Crippen LogP contribution in [0.1, 0.15) is 11.1 Å². The quantitative estimate of drug-likeness (QED) is 0.564. The number of hydrogen-bond acceptors (Lipinski definition) is 5. The van der Waals surface area contributed by atoms with E-state index >= 15 is 0 Å². The van der Waals surface area contributed by atoms with Crippen molar-refractivity contribution >= 4 is 17.5 Å². The number of nitrogens with zero attached hydrogens (tertiary/aromatic N) is 4. The van der Waals surface area contributed by atoms with Crippen molar-refractivity contribution in [2.45, 2.75) is 13.0 Å². The molecule has 0 atom stereocenters. The molecule has 29 heavy (non-hydrogen) atoms. The maximum atomic E-state index is 12.6. The number of aromatic amines is 1. The van der Waals surface area contributed by atoms with Crippen molar-refractivity contribution in [1.29, 1.82) is 0 Å². The molecule has 2 aromatic carbocycles. The van der Waals surface area contributed by atoms with E-state index in [0.717, 1.165) is 16.8 Å². The lowest BCUT2D eigenvalue weighted by Crippen LogP contribution is -2.26. The fourth-order valence-corrected chi connectivity index (χ4v) is 3.48. The average Bonchev–Trinajstić information content (AvgIpc) is 3.36. The van der Waals surface area contributed by atoms with Gasteiger partial charge in [-0.3, -0.25) is 9.69 Å². The number of carbonyl (C=O) groups excluding carboxylic acids is 1. The molecule has 7 heteroatoms. The lowest BCUT2D eigenvalue weighted by Gasteiger charge is -2.17. The van der Waals surface area contributed by atoms with Crippen LogP contribution in [0.2, 0.25) is 0 Å². The van der Waals surface area contributed by atoms with E-state index in [2.05, 4.69) is 19.9 Å². The van der Waals surface area contributed by atoms with E-state index in [4.69, 9.17) is 5.73 Å². The summed E-state index contributed by atoms with van der Waals surface area (Å²) in [5.74, 6) is 1.71. The van der Waals surface area contributed by atoms with Gasteiger partial charge in [0.15, 0.2) is 11.6 Å². The summed E-state index contributed by atoms with van der Waals surface area (Å²) in [6, 6.07) is 19.7. The third kappa shape index (κ3) is 3.12. The predicted molar refractivity (Wildman–Crippen MR) is 111 cm³/mol. The van der Waals surface area contributed by atoms with Crippen LogP contribution in [0.3, 0.4) is 0 Å². The van der Waals surface area contributed by atoms with Crippen molar-refractivity contribution < 1.29 is 4.79 Å². The molecular weight excluding hydrogens is 364 g/mol. The number of imidazole rings is 1. The molecule has 7 nitrogen and oxygen atoms in total. The molecule has 3 N–H and O–H groups in total. The number of amides is 1. The Balaban J connectivity index is 1.52. The fourth-order valence-electron chi connectivity index (χ4n) is 3.48. The third-order valence-electron chi connectivity index (χ3n) is 4.96. The zero-order valence-corrected chi connectivity index (χ0v) is 15.5. The first-order valence-corrected chi connectivity index (χ1v) is 9.30. The summed E-state index contributed by atoms with van der Waals surface area (Å²) in [6.07, 6.45) is 1.95. The number of nitrogen functional groups attached to an aromatic ring is 1. The predicted octanol–water partition coefficient (Wildman–Crippen LogP) is 3.21. The van der Waals surface area contributed by atoms with Crippen LogP contribution in [0.5, 0.6) is 0 Å². The Morgan fingerprint density at radius 1 is 1.00 bits per heavy atom. The van der Waals surface area contributed by atoms with Crippen molar-refractivity contribution in [3.05, 3.63) is 78.0 Å². The Bertz CT molecular complexity index is 1190. The Hall–Kier alpha value is -4.00. The minimum atomic E-state index is -0.0357. The van der Waals surface area contributed by atoms with Crippen LogP contribution < -0.4 is 10.6 Å². The molecule has 0 aliphatic carbocycles. The number of fused-ring (bicyclic) bond motifs is 1. The molecule has 0 saturated carbocycles. The van der Waals surface area contributed by atoms with Gasteiger partial charge in [-0.15, -0.1) is 0 Å². The van der Waals surface area contributed by atoms with Crippen molar-refractivity contribution in [2.75, 3.05) is 10.6 Å². The second kappa shape index (κ2) is 6.87. The molecule has 0 saturated heterocycles. The van der Waals surface area contributed by atoms with Gasteiger partial charge in [-0.1, -0.05) is 60.7 Å². The summed E-state index contributed by atoms with van der Waals surface area (Å²) >= 11 is 0. The molecule has 2 aromatic heterocycles. The highest BCUT2D eigenvalue weighted by Crippen LogP contribution is 2.33. The zero-order valence-electron chi connectivity index (χ0n) is 15.5. The molecule has 3 heterocycles. The van der Waals surface area contributed by atoms with Gasteiger partial charge in [0.25, 0.3) is 0 Å². The van der Waals surface area contributed by atoms with Gasteiger partial charge < -0.3 is 10.7 Å². The number of rotatable bonds is 4. The van der Waals surface area contributed by atoms with Gasteiger partial charge in [-0.2, -0.15) is 0 Å². The Kier molecular flexibility index (Phi) is 4.05. The molecule has 5 rings (SSSR count). The number of aromatic nitrogens is 4. The first kappa shape index (κ1) is 17.1. The third-order valence-corrected chi connectivity index (χ3v) is 4.96. The Morgan fingerprint density at radius 2 is 1.72 bits per heavy atom. The lowest BCUT2D eigenvalue weighted by molar-refractivity contribution is -0.117. The first-order chi connectivity index (χ1) is 14.2. The monoisotopic (exact) mass is 382 g/mol. The van der Waals surface area contributed by atoms with Crippen LogP contribution in [-0.2, 0) is 17.8 Å². The molecule has 142 valence electrons. The maximum absolute atomic E-state index is 12.6. The number of carbonyl (C=O) groups is 1. The van der Waals surface area contributed by atoms with Crippen molar-refractivity contribution in [2.24, 2.45) is 0 Å². The summed E-state index contributed by atoms with van der Waals surface area (Å²) in [6.45, 7) is 0.440. The molecule has 0 radical (unpaired) electrons. The van der Waals surface area contributed by atoms with E-state index in [0.29, 0.717) is 35.4 Å². The van der Waals surface area contributed by atoms with Crippen molar-refractivity contribution in [3.63, 3.8) is 0 Å². The van der Waals surface area contributed by atoms with Gasteiger partial charge >= 0.3 is 0 Å². The number of benzene rings is 2. The van der Waals surface area contributed by atoms with Crippen molar-refractivity contribution in [1.82, 2.24) is 19.9 Å². The lowest BCUT2D eigenvalue weighted by atomic mass is 10.2. The standard InChI is InChI=1S/C22H18N6O/c23-19-16-11-18(29)28(13-14-7-3-1-4-8-14)22(16)27-21(26-19)20-24-12-17(25-20)15-9-5-2-6-10-15/h1-10,12H,11,13H2,(H,24,25)(H2,23,26,27). The van der Waals surface area contributed by atoms with Crippen LogP contribution >= 0.6 is 0 Å². The SMILES string of the molecule is Nc1nc(-c2ncc(-c3ccccc3)[nH]2)nc2c1CC(=O)N2Cc1ccccc1. The Morgan fingerprint density at radius 3 is 2.48 bits per heavy atom. The average molecular weight is 382 g/mol. The molecule has 1 amide bonds. The van der Waals surface area contributed by atoms with Gasteiger partial charge in [0.05, 0.1) is 24.9 Å². The smallest absolute Gasteiger partial charge is 0.233 e. The number of anilines is 2. The molecular formula is C22H18N6O. The second-order valence-electron chi connectivity index (χ2n) is 6.89. The molecule has 0 bridgehead atoms. The number of nitrogens with one attached hydrogen (secondary N) is 1. The van der Waals surface area contributed by atoms with E-state index in [9.17, 15) is 4.79 Å². The highest BCUT2D eigenvalue weighted by Gasteiger charge is 2.32. The van der Waals surface area contributed by atoms with Crippen LogP contribution in [-0.4, -0.2) is 25.8 Å². The molecule has 4 aromatic rings. The van der Waals surface area contributed by atoms with Gasteiger partial charge in [-0.05, 0) is 11.1 Å². The largest absolute Gasteiger partial charge is 0.383 e. The zero-order chi connectivity index (χ0) is 19.8.